The number of benzene rings is 1. The van der Waals surface area contributed by atoms with Crippen molar-refractivity contribution < 1.29 is 9.90 Å². The van der Waals surface area contributed by atoms with E-state index in [2.05, 4.69) is 4.98 Å². The van der Waals surface area contributed by atoms with Crippen LogP contribution in [0.4, 0.5) is 0 Å². The minimum atomic E-state index is -0.961. The molecule has 0 aliphatic rings. The second kappa shape index (κ2) is 4.67. The summed E-state index contributed by atoms with van der Waals surface area (Å²) in [6.45, 7) is 3.97. The normalized spacial score (nSPS) is 10.5. The van der Waals surface area contributed by atoms with E-state index in [1.54, 1.807) is 0 Å². The van der Waals surface area contributed by atoms with Crippen molar-refractivity contribution in [1.29, 1.82) is 0 Å². The van der Waals surface area contributed by atoms with Crippen molar-refractivity contribution in [1.82, 2.24) is 4.98 Å². The fraction of sp³-hybridized carbons (Fsp3) is 0.231. The summed E-state index contributed by atoms with van der Waals surface area (Å²) in [7, 11) is 0. The van der Waals surface area contributed by atoms with Gasteiger partial charge in [-0.05, 0) is 18.9 Å². The van der Waals surface area contributed by atoms with Crippen LogP contribution in [0.25, 0.3) is 10.4 Å². The first-order valence-corrected chi connectivity index (χ1v) is 6.23. The highest BCUT2D eigenvalue weighted by Gasteiger charge is 2.17. The first-order chi connectivity index (χ1) is 8.11. The maximum absolute atomic E-state index is 11.2. The SMILES string of the molecule is CCc1nc(C(=O)O)c(-c2cccc(C)c2)s1. The number of aromatic carboxylic acids is 1. The van der Waals surface area contributed by atoms with Crippen molar-refractivity contribution in [3.05, 3.63) is 40.5 Å². The summed E-state index contributed by atoms with van der Waals surface area (Å²) in [6.07, 6.45) is 0.761. The number of carboxylic acid groups (broad SMARTS) is 1. The molecule has 0 spiro atoms. The lowest BCUT2D eigenvalue weighted by Gasteiger charge is -2.00. The third-order valence-corrected chi connectivity index (χ3v) is 3.71. The van der Waals surface area contributed by atoms with Gasteiger partial charge >= 0.3 is 5.97 Å². The summed E-state index contributed by atoms with van der Waals surface area (Å²) in [4.78, 5) is 16.1. The average molecular weight is 247 g/mol. The van der Waals surface area contributed by atoms with Gasteiger partial charge in [0.2, 0.25) is 0 Å². The molecule has 3 nitrogen and oxygen atoms in total. The maximum atomic E-state index is 11.2. The molecule has 2 rings (SSSR count). The third-order valence-electron chi connectivity index (χ3n) is 2.46. The van der Waals surface area contributed by atoms with E-state index in [0.29, 0.717) is 0 Å². The van der Waals surface area contributed by atoms with Crippen molar-refractivity contribution in [2.24, 2.45) is 0 Å². The second-order valence-corrected chi connectivity index (χ2v) is 4.90. The molecule has 0 aliphatic heterocycles. The lowest BCUT2D eigenvalue weighted by atomic mass is 10.1. The molecular formula is C13H13NO2S. The zero-order chi connectivity index (χ0) is 12.4. The zero-order valence-electron chi connectivity index (χ0n) is 9.73. The highest BCUT2D eigenvalue weighted by molar-refractivity contribution is 7.15. The summed E-state index contributed by atoms with van der Waals surface area (Å²) in [6, 6.07) is 7.83. The molecule has 0 saturated heterocycles. The van der Waals surface area contributed by atoms with Crippen molar-refractivity contribution in [2.75, 3.05) is 0 Å². The number of carbonyl (C=O) groups is 1. The van der Waals surface area contributed by atoms with E-state index in [1.165, 1.54) is 11.3 Å². The van der Waals surface area contributed by atoms with E-state index in [-0.39, 0.29) is 5.69 Å². The van der Waals surface area contributed by atoms with Gasteiger partial charge in [-0.15, -0.1) is 11.3 Å². The molecular weight excluding hydrogens is 234 g/mol. The van der Waals surface area contributed by atoms with Gasteiger partial charge in [0.05, 0.1) is 9.88 Å². The number of aromatic nitrogens is 1. The van der Waals surface area contributed by atoms with Crippen LogP contribution in [-0.4, -0.2) is 16.1 Å². The monoisotopic (exact) mass is 247 g/mol. The molecule has 0 aliphatic carbocycles. The van der Waals surface area contributed by atoms with E-state index < -0.39 is 5.97 Å². The molecule has 0 radical (unpaired) electrons. The molecule has 1 N–H and O–H groups in total. The quantitative estimate of drug-likeness (QED) is 0.904. The first kappa shape index (κ1) is 11.8. The number of nitrogens with zero attached hydrogens (tertiary/aromatic N) is 1. The minimum absolute atomic E-state index is 0.164. The van der Waals surface area contributed by atoms with Gasteiger partial charge in [0.15, 0.2) is 5.69 Å². The summed E-state index contributed by atoms with van der Waals surface area (Å²) in [5, 5.41) is 10.0. The van der Waals surface area contributed by atoms with E-state index in [1.807, 2.05) is 38.1 Å². The summed E-state index contributed by atoms with van der Waals surface area (Å²) in [5.74, 6) is -0.961. The van der Waals surface area contributed by atoms with Crippen LogP contribution in [0.1, 0.15) is 28.0 Å². The molecule has 1 aromatic carbocycles. The Morgan fingerprint density at radius 2 is 2.24 bits per heavy atom. The predicted octanol–water partition coefficient (Wildman–Crippen LogP) is 3.38. The number of hydrogen-bond acceptors (Lipinski definition) is 3. The van der Waals surface area contributed by atoms with Crippen LogP contribution in [-0.2, 0) is 6.42 Å². The molecule has 17 heavy (non-hydrogen) atoms. The predicted molar refractivity (Wildman–Crippen MR) is 68.6 cm³/mol. The standard InChI is InChI=1S/C13H13NO2S/c1-3-10-14-11(13(15)16)12(17-10)9-6-4-5-8(2)7-9/h4-7H,3H2,1-2H3,(H,15,16). The van der Waals surface area contributed by atoms with Crippen molar-refractivity contribution in [2.45, 2.75) is 20.3 Å². The highest BCUT2D eigenvalue weighted by atomic mass is 32.1. The molecule has 0 bridgehead atoms. The zero-order valence-corrected chi connectivity index (χ0v) is 10.5. The third kappa shape index (κ3) is 2.36. The number of aryl methyl sites for hydroxylation is 2. The van der Waals surface area contributed by atoms with Gasteiger partial charge in [-0.1, -0.05) is 36.8 Å². The fourth-order valence-electron chi connectivity index (χ4n) is 1.64. The van der Waals surface area contributed by atoms with Crippen LogP contribution in [0.3, 0.4) is 0 Å². The summed E-state index contributed by atoms with van der Waals surface area (Å²) >= 11 is 1.46. The first-order valence-electron chi connectivity index (χ1n) is 5.42. The van der Waals surface area contributed by atoms with Gasteiger partial charge in [0.25, 0.3) is 0 Å². The Labute approximate surface area is 104 Å². The molecule has 0 unspecified atom stereocenters. The Bertz CT molecular complexity index is 560. The lowest BCUT2D eigenvalue weighted by molar-refractivity contribution is 0.0692. The van der Waals surface area contributed by atoms with Crippen LogP contribution in [0.15, 0.2) is 24.3 Å². The molecule has 4 heteroatoms. The smallest absolute Gasteiger partial charge is 0.356 e. The maximum Gasteiger partial charge on any atom is 0.356 e. The van der Waals surface area contributed by atoms with Crippen LogP contribution < -0.4 is 0 Å². The van der Waals surface area contributed by atoms with Crippen LogP contribution in [0, 0.1) is 6.92 Å². The van der Waals surface area contributed by atoms with Crippen LogP contribution in [0.5, 0.6) is 0 Å². The number of hydrogen-bond donors (Lipinski definition) is 1. The molecule has 0 atom stereocenters. The van der Waals surface area contributed by atoms with Gasteiger partial charge in [-0.3, -0.25) is 0 Å². The molecule has 1 heterocycles. The largest absolute Gasteiger partial charge is 0.476 e. The molecule has 2 aromatic rings. The van der Waals surface area contributed by atoms with E-state index >= 15 is 0 Å². The van der Waals surface area contributed by atoms with Crippen molar-refractivity contribution in [3.8, 4) is 10.4 Å². The van der Waals surface area contributed by atoms with Crippen molar-refractivity contribution >= 4 is 17.3 Å². The molecule has 0 saturated carbocycles. The molecule has 88 valence electrons. The minimum Gasteiger partial charge on any atom is -0.476 e. The molecule has 0 fully saturated rings. The Hall–Kier alpha value is -1.68. The average Bonchev–Trinajstić information content (AvgIpc) is 2.73. The molecule has 0 amide bonds. The summed E-state index contributed by atoms with van der Waals surface area (Å²) in [5.41, 5.74) is 2.21. The highest BCUT2D eigenvalue weighted by Crippen LogP contribution is 2.31. The van der Waals surface area contributed by atoms with E-state index in [0.717, 1.165) is 27.4 Å². The Balaban J connectivity index is 2.57. The van der Waals surface area contributed by atoms with Crippen LogP contribution >= 0.6 is 11.3 Å². The number of carboxylic acids is 1. The topological polar surface area (TPSA) is 50.2 Å². The lowest BCUT2D eigenvalue weighted by Crippen LogP contribution is -1.99. The Kier molecular flexibility index (Phi) is 3.24. The van der Waals surface area contributed by atoms with Gasteiger partial charge in [0.1, 0.15) is 0 Å². The Morgan fingerprint density at radius 3 is 2.82 bits per heavy atom. The number of rotatable bonds is 3. The van der Waals surface area contributed by atoms with E-state index in [9.17, 15) is 4.79 Å². The summed E-state index contributed by atoms with van der Waals surface area (Å²) < 4.78 is 0. The second-order valence-electron chi connectivity index (χ2n) is 3.81. The molecule has 1 aromatic heterocycles. The van der Waals surface area contributed by atoms with Gasteiger partial charge < -0.3 is 5.11 Å². The van der Waals surface area contributed by atoms with Crippen molar-refractivity contribution in [3.63, 3.8) is 0 Å². The van der Waals surface area contributed by atoms with Gasteiger partial charge in [0, 0.05) is 0 Å². The number of thiazole rings is 1. The van der Waals surface area contributed by atoms with Gasteiger partial charge in [-0.2, -0.15) is 0 Å². The van der Waals surface area contributed by atoms with E-state index in [4.69, 9.17) is 5.11 Å². The Morgan fingerprint density at radius 1 is 1.47 bits per heavy atom. The van der Waals surface area contributed by atoms with Crippen LogP contribution in [0.2, 0.25) is 0 Å². The fourth-order valence-corrected chi connectivity index (χ4v) is 2.63. The van der Waals surface area contributed by atoms with Gasteiger partial charge in [-0.25, -0.2) is 9.78 Å².